The Morgan fingerprint density at radius 1 is 1.23 bits per heavy atom. The van der Waals surface area contributed by atoms with Crippen LogP contribution in [-0.4, -0.2) is 27.6 Å². The van der Waals surface area contributed by atoms with Gasteiger partial charge in [0.25, 0.3) is 11.8 Å². The lowest BCUT2D eigenvalue weighted by atomic mass is 10.1. The first-order chi connectivity index (χ1) is 12.0. The van der Waals surface area contributed by atoms with Gasteiger partial charge in [-0.05, 0) is 44.5 Å². The zero-order valence-electron chi connectivity index (χ0n) is 14.1. The minimum Gasteiger partial charge on any atom is -0.350 e. The number of alkyl halides is 3. The largest absolute Gasteiger partial charge is 0.505 e. The van der Waals surface area contributed by atoms with E-state index in [4.69, 9.17) is 11.6 Å². The number of anilines is 1. The molecule has 0 aliphatic carbocycles. The molecular formula is C16H16ClF3N4O2. The molecular weight excluding hydrogens is 373 g/mol. The molecule has 0 radical (unpaired) electrons. The van der Waals surface area contributed by atoms with E-state index in [0.717, 1.165) is 12.3 Å². The van der Waals surface area contributed by atoms with Crippen LogP contribution in [0.2, 0.25) is 5.02 Å². The van der Waals surface area contributed by atoms with E-state index in [-0.39, 0.29) is 27.0 Å². The van der Waals surface area contributed by atoms with Crippen LogP contribution in [0.3, 0.4) is 0 Å². The van der Waals surface area contributed by atoms with Crippen molar-refractivity contribution in [2.24, 2.45) is 0 Å². The highest BCUT2D eigenvalue weighted by molar-refractivity contribution is 6.31. The summed E-state index contributed by atoms with van der Waals surface area (Å²) in [5, 5.41) is 8.38. The number of benzene rings is 1. The van der Waals surface area contributed by atoms with Crippen molar-refractivity contribution in [3.05, 3.63) is 46.2 Å². The molecule has 0 unspecified atom stereocenters. The molecule has 2 amide bonds. The van der Waals surface area contributed by atoms with Gasteiger partial charge >= 0.3 is 6.30 Å². The predicted molar refractivity (Wildman–Crippen MR) is 90.3 cm³/mol. The van der Waals surface area contributed by atoms with Gasteiger partial charge in [-0.1, -0.05) is 11.6 Å². The molecule has 0 fully saturated rings. The van der Waals surface area contributed by atoms with Crippen molar-refractivity contribution in [1.29, 1.82) is 0 Å². The summed E-state index contributed by atoms with van der Waals surface area (Å²) in [6, 6.07) is 3.58. The van der Waals surface area contributed by atoms with E-state index in [9.17, 15) is 22.8 Å². The summed E-state index contributed by atoms with van der Waals surface area (Å²) in [7, 11) is 0. The Balaban J connectivity index is 2.42. The smallest absolute Gasteiger partial charge is 0.350 e. The Bertz CT molecular complexity index is 847. The van der Waals surface area contributed by atoms with Crippen LogP contribution >= 0.6 is 11.6 Å². The van der Waals surface area contributed by atoms with Crippen LogP contribution in [0, 0.1) is 6.92 Å². The lowest BCUT2D eigenvalue weighted by Gasteiger charge is -2.17. The zero-order chi connectivity index (χ0) is 19.6. The van der Waals surface area contributed by atoms with Gasteiger partial charge in [0.05, 0.1) is 17.4 Å². The number of rotatable bonds is 4. The third-order valence-electron chi connectivity index (χ3n) is 3.32. The molecule has 6 nitrogen and oxygen atoms in total. The van der Waals surface area contributed by atoms with E-state index >= 15 is 0 Å². The minimum atomic E-state index is -4.84. The standard InChI is InChI=1S/C16H16ClF3N4O2/c1-8(2)22-14(25)11-7-10(17)6-9(3)13(11)23-15(26)12-4-5-21-24(12)16(18,19)20/h4-8H,1-3H3,(H,22,25)(H,23,26). The summed E-state index contributed by atoms with van der Waals surface area (Å²) < 4.78 is 38.4. The predicted octanol–water partition coefficient (Wildman–Crippen LogP) is 3.71. The van der Waals surface area contributed by atoms with Crippen LogP contribution < -0.4 is 10.6 Å². The number of amides is 2. The lowest BCUT2D eigenvalue weighted by Crippen LogP contribution is -2.32. The van der Waals surface area contributed by atoms with Crippen molar-refractivity contribution in [2.75, 3.05) is 5.32 Å². The quantitative estimate of drug-likeness (QED) is 0.838. The molecule has 140 valence electrons. The molecule has 1 heterocycles. The second-order valence-electron chi connectivity index (χ2n) is 5.82. The van der Waals surface area contributed by atoms with Crippen LogP contribution in [0.15, 0.2) is 24.4 Å². The summed E-state index contributed by atoms with van der Waals surface area (Å²) >= 11 is 5.97. The van der Waals surface area contributed by atoms with Crippen LogP contribution in [0.5, 0.6) is 0 Å². The van der Waals surface area contributed by atoms with E-state index in [2.05, 4.69) is 15.7 Å². The summed E-state index contributed by atoms with van der Waals surface area (Å²) in [6.07, 6.45) is -3.98. The van der Waals surface area contributed by atoms with Crippen molar-refractivity contribution in [3.63, 3.8) is 0 Å². The van der Waals surface area contributed by atoms with Crippen molar-refractivity contribution in [3.8, 4) is 0 Å². The van der Waals surface area contributed by atoms with Crippen LogP contribution in [0.4, 0.5) is 18.9 Å². The summed E-state index contributed by atoms with van der Waals surface area (Å²) in [5.41, 5.74) is -0.150. The molecule has 10 heteroatoms. The molecule has 2 N–H and O–H groups in total. The Labute approximate surface area is 152 Å². The molecule has 0 atom stereocenters. The number of aryl methyl sites for hydroxylation is 1. The highest BCUT2D eigenvalue weighted by Gasteiger charge is 2.36. The fraction of sp³-hybridized carbons (Fsp3) is 0.312. The zero-order valence-corrected chi connectivity index (χ0v) is 14.9. The second kappa shape index (κ2) is 7.36. The fourth-order valence-corrected chi connectivity index (χ4v) is 2.56. The van der Waals surface area contributed by atoms with Gasteiger partial charge in [-0.25, -0.2) is 0 Å². The summed E-state index contributed by atoms with van der Waals surface area (Å²) in [4.78, 5) is 24.7. The first-order valence-electron chi connectivity index (χ1n) is 7.54. The minimum absolute atomic E-state index is 0.0510. The first-order valence-corrected chi connectivity index (χ1v) is 7.92. The average molecular weight is 389 g/mol. The van der Waals surface area contributed by atoms with Gasteiger partial charge < -0.3 is 10.6 Å². The second-order valence-corrected chi connectivity index (χ2v) is 6.26. The average Bonchev–Trinajstić information content (AvgIpc) is 2.98. The molecule has 0 spiro atoms. The number of halogens is 4. The lowest BCUT2D eigenvalue weighted by molar-refractivity contribution is -0.212. The van der Waals surface area contributed by atoms with Crippen molar-refractivity contribution < 1.29 is 22.8 Å². The SMILES string of the molecule is Cc1cc(Cl)cc(C(=O)NC(C)C)c1NC(=O)c1ccnn1C(F)(F)F. The fourth-order valence-electron chi connectivity index (χ4n) is 2.28. The number of carbonyl (C=O) groups excluding carboxylic acids is 2. The van der Waals surface area contributed by atoms with Crippen LogP contribution in [0.25, 0.3) is 0 Å². The number of nitrogens with one attached hydrogen (secondary N) is 2. The topological polar surface area (TPSA) is 76.0 Å². The van der Waals surface area contributed by atoms with Crippen molar-refractivity contribution in [1.82, 2.24) is 15.1 Å². The third-order valence-corrected chi connectivity index (χ3v) is 3.54. The number of hydrogen-bond donors (Lipinski definition) is 2. The first kappa shape index (κ1) is 19.8. The molecule has 0 bridgehead atoms. The highest BCUT2D eigenvalue weighted by atomic mass is 35.5. The maximum atomic E-state index is 12.9. The molecule has 0 aliphatic heterocycles. The van der Waals surface area contributed by atoms with Gasteiger partial charge in [0, 0.05) is 11.1 Å². The molecule has 1 aromatic carbocycles. The maximum Gasteiger partial charge on any atom is 0.505 e. The van der Waals surface area contributed by atoms with E-state index in [1.165, 1.54) is 12.1 Å². The number of aromatic nitrogens is 2. The van der Waals surface area contributed by atoms with Crippen molar-refractivity contribution in [2.45, 2.75) is 33.1 Å². The maximum absolute atomic E-state index is 12.9. The molecule has 2 aromatic rings. The van der Waals surface area contributed by atoms with Gasteiger partial charge in [0.1, 0.15) is 5.69 Å². The van der Waals surface area contributed by atoms with E-state index in [1.807, 2.05) is 0 Å². The number of hydrogen-bond acceptors (Lipinski definition) is 3. The normalized spacial score (nSPS) is 11.5. The van der Waals surface area contributed by atoms with Gasteiger partial charge in [-0.15, -0.1) is 13.2 Å². The van der Waals surface area contributed by atoms with Gasteiger partial charge in [0.15, 0.2) is 0 Å². The van der Waals surface area contributed by atoms with Gasteiger partial charge in [0.2, 0.25) is 0 Å². The van der Waals surface area contributed by atoms with Crippen LogP contribution in [-0.2, 0) is 6.30 Å². The molecule has 0 saturated heterocycles. The summed E-state index contributed by atoms with van der Waals surface area (Å²) in [5.74, 6) is -1.56. The molecule has 1 aromatic heterocycles. The van der Waals surface area contributed by atoms with Gasteiger partial charge in [-0.2, -0.15) is 9.78 Å². The number of carbonyl (C=O) groups is 2. The Morgan fingerprint density at radius 3 is 2.46 bits per heavy atom. The third kappa shape index (κ3) is 4.34. The van der Waals surface area contributed by atoms with E-state index in [0.29, 0.717) is 5.56 Å². The monoisotopic (exact) mass is 388 g/mol. The Kier molecular flexibility index (Phi) is 5.60. The van der Waals surface area contributed by atoms with Crippen molar-refractivity contribution >= 4 is 29.1 Å². The Hall–Kier alpha value is -2.55. The Morgan fingerprint density at radius 2 is 1.88 bits per heavy atom. The molecule has 26 heavy (non-hydrogen) atoms. The highest BCUT2D eigenvalue weighted by Crippen LogP contribution is 2.28. The van der Waals surface area contributed by atoms with Gasteiger partial charge in [-0.3, -0.25) is 9.59 Å². The van der Waals surface area contributed by atoms with Crippen LogP contribution in [0.1, 0.15) is 40.3 Å². The molecule has 0 aliphatic rings. The molecule has 0 saturated carbocycles. The summed E-state index contributed by atoms with van der Waals surface area (Å²) in [6.45, 7) is 5.07. The molecule has 2 rings (SSSR count). The number of nitrogens with zero attached hydrogens (tertiary/aromatic N) is 2. The van der Waals surface area contributed by atoms with E-state index < -0.39 is 23.8 Å². The van der Waals surface area contributed by atoms with E-state index in [1.54, 1.807) is 20.8 Å².